The summed E-state index contributed by atoms with van der Waals surface area (Å²) in [6, 6.07) is 40.7. The maximum atomic E-state index is 4.40. The number of hydrogen-bond donors (Lipinski definition) is 0. The maximum absolute atomic E-state index is 4.40. The van der Waals surface area contributed by atoms with Crippen molar-refractivity contribution in [3.8, 4) is 0 Å². The van der Waals surface area contributed by atoms with E-state index in [0.717, 1.165) is 33.3 Å². The van der Waals surface area contributed by atoms with Gasteiger partial charge in [0.15, 0.2) is 0 Å². The van der Waals surface area contributed by atoms with Gasteiger partial charge in [-0.2, -0.15) is 0 Å². The summed E-state index contributed by atoms with van der Waals surface area (Å²) in [4.78, 5) is 8.81. The van der Waals surface area contributed by atoms with Gasteiger partial charge in [0, 0.05) is 12.4 Å². The fraction of sp³-hybridized carbons (Fsp3) is 0. The third-order valence-electron chi connectivity index (χ3n) is 5.71. The van der Waals surface area contributed by atoms with E-state index < -0.39 is 0 Å². The van der Waals surface area contributed by atoms with Crippen molar-refractivity contribution in [2.75, 3.05) is 0 Å². The van der Waals surface area contributed by atoms with Gasteiger partial charge in [0.1, 0.15) is 0 Å². The summed E-state index contributed by atoms with van der Waals surface area (Å²) in [5.41, 5.74) is 4.04. The molecule has 0 N–H and O–H groups in total. The molecule has 4 aromatic carbocycles. The van der Waals surface area contributed by atoms with Gasteiger partial charge < -0.3 is 9.97 Å². The normalized spacial score (nSPS) is 10.8. The van der Waals surface area contributed by atoms with Gasteiger partial charge in [-0.3, -0.25) is 0 Å². The van der Waals surface area contributed by atoms with Crippen molar-refractivity contribution < 1.29 is 21.1 Å². The van der Waals surface area contributed by atoms with E-state index in [2.05, 4.69) is 46.4 Å². The predicted octanol–water partition coefficient (Wildman–Crippen LogP) is 8.20. The summed E-state index contributed by atoms with van der Waals surface area (Å²) in [6.07, 6.45) is 14.1. The molecule has 0 spiro atoms. The number of aromatic nitrogens is 2. The number of benzene rings is 4. The van der Waals surface area contributed by atoms with Gasteiger partial charge >= 0.3 is 21.1 Å². The van der Waals surface area contributed by atoms with Crippen LogP contribution in [0.1, 0.15) is 22.5 Å². The Bertz CT molecular complexity index is 1490. The molecule has 2 aromatic heterocycles. The van der Waals surface area contributed by atoms with Gasteiger partial charge in [-0.1, -0.05) is 60.7 Å². The molecule has 0 unspecified atom stereocenters. The Labute approximate surface area is 232 Å². The van der Waals surface area contributed by atoms with Crippen LogP contribution in [0, 0.1) is 12.2 Å². The summed E-state index contributed by atoms with van der Waals surface area (Å²) in [5.74, 6) is 0. The van der Waals surface area contributed by atoms with Crippen LogP contribution in [0.4, 0.5) is 0 Å². The molecule has 0 saturated carbocycles. The van der Waals surface area contributed by atoms with E-state index in [1.165, 1.54) is 10.8 Å². The quantitative estimate of drug-likeness (QED) is 0.179. The first-order valence-corrected chi connectivity index (χ1v) is 11.8. The Kier molecular flexibility index (Phi) is 9.29. The van der Waals surface area contributed by atoms with Crippen LogP contribution < -0.4 is 0 Å². The summed E-state index contributed by atoms with van der Waals surface area (Å²) >= 11 is 0. The molecule has 0 atom stereocenters. The molecule has 0 aliphatic carbocycles. The van der Waals surface area contributed by atoms with Crippen LogP contribution in [0.15, 0.2) is 134 Å². The Morgan fingerprint density at radius 3 is 1.24 bits per heavy atom. The van der Waals surface area contributed by atoms with E-state index in [1.54, 1.807) is 0 Å². The minimum Gasteiger partial charge on any atom is -0.304 e. The fourth-order valence-electron chi connectivity index (χ4n) is 3.89. The molecule has 0 aliphatic rings. The number of pyridine rings is 2. The minimum absolute atomic E-state index is 0. The second-order valence-corrected chi connectivity index (χ2v) is 8.14. The van der Waals surface area contributed by atoms with Crippen molar-refractivity contribution in [1.29, 1.82) is 0 Å². The van der Waals surface area contributed by atoms with Crippen molar-refractivity contribution in [1.82, 2.24) is 9.97 Å². The smallest absolute Gasteiger partial charge is 0.304 e. The molecule has 6 rings (SSSR count). The topological polar surface area (TPSA) is 25.8 Å². The Morgan fingerprint density at radius 2 is 0.811 bits per heavy atom. The largest absolute Gasteiger partial charge is 2.00 e. The zero-order valence-electron chi connectivity index (χ0n) is 20.1. The first-order chi connectivity index (χ1) is 17.9. The Morgan fingerprint density at radius 1 is 0.432 bits per heavy atom. The maximum Gasteiger partial charge on any atom is 2.00 e. The molecule has 6 aromatic rings. The second-order valence-electron chi connectivity index (χ2n) is 8.14. The monoisotopic (exact) mass is 655 g/mol. The van der Waals surface area contributed by atoms with Crippen LogP contribution in [0.3, 0.4) is 0 Å². The molecular weight excluding hydrogens is 631 g/mol. The molecule has 0 aliphatic heterocycles. The second kappa shape index (κ2) is 13.3. The van der Waals surface area contributed by atoms with E-state index in [0.29, 0.717) is 0 Å². The molecular formula is C34H24N2Pt. The summed E-state index contributed by atoms with van der Waals surface area (Å²) in [7, 11) is 0. The molecule has 0 fully saturated rings. The van der Waals surface area contributed by atoms with Crippen LogP contribution in [-0.4, -0.2) is 9.97 Å². The van der Waals surface area contributed by atoms with Crippen LogP contribution >= 0.6 is 0 Å². The van der Waals surface area contributed by atoms with Crippen LogP contribution in [-0.2, 0) is 21.1 Å². The Hall–Kier alpha value is -4.13. The van der Waals surface area contributed by atoms with Gasteiger partial charge in [0.2, 0.25) is 0 Å². The van der Waals surface area contributed by atoms with Gasteiger partial charge in [0.25, 0.3) is 0 Å². The molecule has 0 bridgehead atoms. The summed E-state index contributed by atoms with van der Waals surface area (Å²) in [5, 5.41) is 4.72. The third kappa shape index (κ3) is 6.97. The molecule has 0 saturated heterocycles. The first-order valence-electron chi connectivity index (χ1n) is 11.8. The van der Waals surface area contributed by atoms with Crippen molar-refractivity contribution >= 4 is 33.7 Å². The number of fused-ring (bicyclic) bond motifs is 2. The molecule has 0 radical (unpaired) electrons. The number of hydrogen-bond acceptors (Lipinski definition) is 2. The van der Waals surface area contributed by atoms with Crippen molar-refractivity contribution in [3.05, 3.63) is 168 Å². The van der Waals surface area contributed by atoms with Gasteiger partial charge in [-0.25, -0.2) is 0 Å². The zero-order valence-corrected chi connectivity index (χ0v) is 22.3. The molecule has 2 heterocycles. The minimum atomic E-state index is 0. The van der Waals surface area contributed by atoms with E-state index >= 15 is 0 Å². The molecule has 37 heavy (non-hydrogen) atoms. The third-order valence-corrected chi connectivity index (χ3v) is 5.71. The Balaban J connectivity index is 0.000000168. The van der Waals surface area contributed by atoms with Gasteiger partial charge in [0.05, 0.1) is 0 Å². The standard InChI is InChI=1S/2C17H12N.Pt/c2*1-2-6-14(7-3-1)10-11-17-16-9-5-4-8-15(16)12-13-18-17;/h2*1-9,11-13H;/q2*-1;+2. The molecule has 2 nitrogen and oxygen atoms in total. The van der Waals surface area contributed by atoms with E-state index in [-0.39, 0.29) is 21.1 Å². The van der Waals surface area contributed by atoms with Gasteiger partial charge in [-0.15, -0.1) is 84.0 Å². The van der Waals surface area contributed by atoms with Crippen molar-refractivity contribution in [3.63, 3.8) is 0 Å². The van der Waals surface area contributed by atoms with E-state index in [4.69, 9.17) is 0 Å². The van der Waals surface area contributed by atoms with Crippen molar-refractivity contribution in [2.45, 2.75) is 0 Å². The van der Waals surface area contributed by atoms with Crippen LogP contribution in [0.2, 0.25) is 0 Å². The van der Waals surface area contributed by atoms with Gasteiger partial charge in [-0.05, 0) is 45.1 Å². The average Bonchev–Trinajstić information content (AvgIpc) is 2.96. The van der Waals surface area contributed by atoms with E-state index in [1.807, 2.05) is 122 Å². The predicted molar refractivity (Wildman–Crippen MR) is 150 cm³/mol. The van der Waals surface area contributed by atoms with Crippen molar-refractivity contribution in [2.24, 2.45) is 0 Å². The molecule has 3 heteroatoms. The number of rotatable bonds is 4. The molecule has 0 amide bonds. The first kappa shape index (κ1) is 25.9. The molecule has 180 valence electrons. The van der Waals surface area contributed by atoms with E-state index in [9.17, 15) is 0 Å². The fourth-order valence-corrected chi connectivity index (χ4v) is 3.89. The average molecular weight is 656 g/mol. The SMILES string of the molecule is [C-](=Cc1nccc2ccccc12)c1ccccc1.[C-](=Cc1nccc2ccccc12)c1ccccc1.[Pt+2]. The van der Waals surface area contributed by atoms with Crippen LogP contribution in [0.25, 0.3) is 33.7 Å². The van der Waals surface area contributed by atoms with Crippen LogP contribution in [0.5, 0.6) is 0 Å². The number of nitrogens with zero attached hydrogens (tertiary/aromatic N) is 2. The summed E-state index contributed by atoms with van der Waals surface area (Å²) in [6.45, 7) is 0. The zero-order chi connectivity index (χ0) is 24.4. The summed E-state index contributed by atoms with van der Waals surface area (Å²) < 4.78 is 0.